The van der Waals surface area contributed by atoms with E-state index < -0.39 is 0 Å². The normalized spacial score (nSPS) is 11.2. The minimum atomic E-state index is -0.345. The Bertz CT molecular complexity index is 908. The van der Waals surface area contributed by atoms with Crippen LogP contribution in [0.4, 0.5) is 5.69 Å². The zero-order valence-electron chi connectivity index (χ0n) is 17.6. The van der Waals surface area contributed by atoms with Crippen molar-refractivity contribution in [2.24, 2.45) is 0 Å². The van der Waals surface area contributed by atoms with Gasteiger partial charge in [0.15, 0.2) is 5.69 Å². The van der Waals surface area contributed by atoms with E-state index in [-0.39, 0.29) is 11.5 Å². The highest BCUT2D eigenvalue weighted by Crippen LogP contribution is 2.29. The van der Waals surface area contributed by atoms with Gasteiger partial charge in [-0.1, -0.05) is 55.3 Å². The summed E-state index contributed by atoms with van der Waals surface area (Å²) in [4.78, 5) is 13.2. The second-order valence-corrected chi connectivity index (χ2v) is 7.40. The number of aryl methyl sites for hydroxylation is 3. The van der Waals surface area contributed by atoms with Crippen LogP contribution in [0.5, 0.6) is 0 Å². The molecule has 150 valence electrons. The van der Waals surface area contributed by atoms with Crippen LogP contribution < -0.4 is 10.0 Å². The molecule has 0 aliphatic heterocycles. The summed E-state index contributed by atoms with van der Waals surface area (Å²) in [6.07, 6.45) is 5.94. The summed E-state index contributed by atoms with van der Waals surface area (Å²) in [7, 11) is 0. The molecule has 28 heavy (non-hydrogen) atoms. The van der Waals surface area contributed by atoms with Crippen molar-refractivity contribution in [3.8, 4) is 0 Å². The molecule has 2 rings (SSSR count). The molecule has 1 heterocycles. The first-order chi connectivity index (χ1) is 13.3. The quantitative estimate of drug-likeness (QED) is 0.401. The van der Waals surface area contributed by atoms with Crippen LogP contribution in [0.25, 0.3) is 0 Å². The lowest BCUT2D eigenvalue weighted by atomic mass is 9.99. The molecule has 5 heteroatoms. The fraction of sp³-hybridized carbons (Fsp3) is 0.391. The van der Waals surface area contributed by atoms with E-state index in [0.29, 0.717) is 28.4 Å². The number of amides is 1. The molecule has 1 aromatic carbocycles. The Balaban J connectivity index is 2.58. The number of benzene rings is 1. The Hall–Kier alpha value is -2.33. The van der Waals surface area contributed by atoms with Crippen molar-refractivity contribution in [1.82, 2.24) is 0 Å². The minimum Gasteiger partial charge on any atom is -0.618 e. The van der Waals surface area contributed by atoms with Gasteiger partial charge in [0.05, 0.1) is 5.02 Å². The highest BCUT2D eigenvalue weighted by atomic mass is 35.5. The summed E-state index contributed by atoms with van der Waals surface area (Å²) in [5, 5.41) is 16.0. The van der Waals surface area contributed by atoms with Crippen molar-refractivity contribution in [2.45, 2.75) is 60.8 Å². The van der Waals surface area contributed by atoms with Crippen molar-refractivity contribution < 1.29 is 9.52 Å². The molecule has 1 aromatic heterocycles. The summed E-state index contributed by atoms with van der Waals surface area (Å²) < 4.78 is 0.802. The molecular formula is C23H29ClN2O2. The molecule has 0 saturated heterocycles. The van der Waals surface area contributed by atoms with Crippen LogP contribution in [0.1, 0.15) is 64.8 Å². The molecule has 0 aliphatic rings. The summed E-state index contributed by atoms with van der Waals surface area (Å²) in [6, 6.07) is 4.17. The lowest BCUT2D eigenvalue weighted by molar-refractivity contribution is -0.619. The van der Waals surface area contributed by atoms with Gasteiger partial charge in [0.1, 0.15) is 5.56 Å². The molecule has 2 aromatic rings. The van der Waals surface area contributed by atoms with Gasteiger partial charge in [0.25, 0.3) is 5.91 Å². The van der Waals surface area contributed by atoms with Crippen molar-refractivity contribution in [3.05, 3.63) is 73.7 Å². The molecule has 0 atom stereocenters. The molecule has 0 fully saturated rings. The Morgan fingerprint density at radius 1 is 1.14 bits per heavy atom. The number of carbonyl (C=O) groups excluding carboxylic acids is 1. The van der Waals surface area contributed by atoms with E-state index in [1.165, 1.54) is 5.56 Å². The van der Waals surface area contributed by atoms with Crippen molar-refractivity contribution in [1.29, 1.82) is 0 Å². The highest BCUT2D eigenvalue weighted by Gasteiger charge is 2.27. The topological polar surface area (TPSA) is 56.0 Å². The van der Waals surface area contributed by atoms with Crippen molar-refractivity contribution in [3.63, 3.8) is 0 Å². The molecule has 4 nitrogen and oxygen atoms in total. The summed E-state index contributed by atoms with van der Waals surface area (Å²) in [5.41, 5.74) is 5.91. The lowest BCUT2D eigenvalue weighted by Gasteiger charge is -2.18. The number of nitrogens with one attached hydrogen (secondary N) is 1. The van der Waals surface area contributed by atoms with E-state index in [2.05, 4.69) is 38.2 Å². The predicted octanol–water partition coefficient (Wildman–Crippen LogP) is 5.39. The Labute approximate surface area is 172 Å². The standard InChI is InChI=1S/C23H29ClN2O2/c1-7-10-11-19-15(5)26(28)16(6)20(21(19)24)23(27)25-22-17(8-2)12-14(4)13-18(22)9-3/h7,10,12-13H,8-9,11H2,1-6H3,(H,25,27)/b10-7+. The fourth-order valence-corrected chi connectivity index (χ4v) is 3.95. The second kappa shape index (κ2) is 9.24. The van der Waals surface area contributed by atoms with E-state index in [0.717, 1.165) is 34.4 Å². The smallest absolute Gasteiger partial charge is 0.263 e. The van der Waals surface area contributed by atoms with Gasteiger partial charge in [-0.05, 0) is 44.2 Å². The number of aromatic nitrogens is 1. The number of nitrogens with zero attached hydrogens (tertiary/aromatic N) is 1. The maximum atomic E-state index is 13.2. The number of allylic oxidation sites excluding steroid dienone is 2. The predicted molar refractivity (Wildman–Crippen MR) is 116 cm³/mol. The summed E-state index contributed by atoms with van der Waals surface area (Å²) in [5.74, 6) is -0.345. The first kappa shape index (κ1) is 22.0. The largest absolute Gasteiger partial charge is 0.618 e. The van der Waals surface area contributed by atoms with Crippen LogP contribution in [0, 0.1) is 26.0 Å². The maximum Gasteiger partial charge on any atom is 0.263 e. The number of carbonyl (C=O) groups is 1. The van der Waals surface area contributed by atoms with E-state index in [1.54, 1.807) is 13.8 Å². The number of rotatable bonds is 6. The minimum absolute atomic E-state index is 0.242. The van der Waals surface area contributed by atoms with Gasteiger partial charge in [0, 0.05) is 25.1 Å². The first-order valence-electron chi connectivity index (χ1n) is 9.72. The van der Waals surface area contributed by atoms with Crippen LogP contribution in [0.2, 0.25) is 5.02 Å². The van der Waals surface area contributed by atoms with Crippen molar-refractivity contribution in [2.75, 3.05) is 5.32 Å². The van der Waals surface area contributed by atoms with Crippen LogP contribution >= 0.6 is 11.6 Å². The monoisotopic (exact) mass is 400 g/mol. The Morgan fingerprint density at radius 2 is 1.71 bits per heavy atom. The third-order valence-electron chi connectivity index (χ3n) is 5.12. The molecule has 0 spiro atoms. The third-order valence-corrected chi connectivity index (χ3v) is 5.54. The number of anilines is 1. The van der Waals surface area contributed by atoms with Gasteiger partial charge in [-0.3, -0.25) is 4.79 Å². The molecule has 0 unspecified atom stereocenters. The second-order valence-electron chi connectivity index (χ2n) is 7.03. The van der Waals surface area contributed by atoms with E-state index in [1.807, 2.05) is 19.1 Å². The average molecular weight is 401 g/mol. The van der Waals surface area contributed by atoms with Gasteiger partial charge in [-0.2, -0.15) is 4.73 Å². The Morgan fingerprint density at radius 3 is 2.21 bits per heavy atom. The van der Waals surface area contributed by atoms with Gasteiger partial charge in [-0.25, -0.2) is 0 Å². The number of halogens is 1. The van der Waals surface area contributed by atoms with Crippen LogP contribution in [-0.2, 0) is 19.3 Å². The maximum absolute atomic E-state index is 13.2. The SMILES string of the molecule is C/C=C/Cc1c(Cl)c(C(=O)Nc2c(CC)cc(C)cc2CC)c(C)[n+]([O-])c1C. The van der Waals surface area contributed by atoms with Crippen LogP contribution in [0.15, 0.2) is 24.3 Å². The summed E-state index contributed by atoms with van der Waals surface area (Å²) >= 11 is 6.61. The zero-order chi connectivity index (χ0) is 21.0. The molecular weight excluding hydrogens is 372 g/mol. The molecule has 1 N–H and O–H groups in total. The molecule has 0 radical (unpaired) electrons. The highest BCUT2D eigenvalue weighted by molar-refractivity contribution is 6.35. The van der Waals surface area contributed by atoms with Gasteiger partial charge in [-0.15, -0.1) is 0 Å². The molecule has 0 saturated carbocycles. The first-order valence-corrected chi connectivity index (χ1v) is 10.1. The Kier molecular flexibility index (Phi) is 7.25. The van der Waals surface area contributed by atoms with Crippen LogP contribution in [-0.4, -0.2) is 5.91 Å². The number of hydrogen-bond donors (Lipinski definition) is 1. The van der Waals surface area contributed by atoms with Gasteiger partial charge < -0.3 is 10.5 Å². The van der Waals surface area contributed by atoms with E-state index in [9.17, 15) is 10.0 Å². The van der Waals surface area contributed by atoms with E-state index >= 15 is 0 Å². The van der Waals surface area contributed by atoms with Gasteiger partial charge in [0.2, 0.25) is 5.69 Å². The number of pyridine rings is 1. The molecule has 0 aliphatic carbocycles. The van der Waals surface area contributed by atoms with Crippen LogP contribution in [0.3, 0.4) is 0 Å². The van der Waals surface area contributed by atoms with E-state index in [4.69, 9.17) is 11.6 Å². The number of hydrogen-bond acceptors (Lipinski definition) is 2. The third kappa shape index (κ3) is 4.22. The average Bonchev–Trinajstić information content (AvgIpc) is 2.67. The fourth-order valence-electron chi connectivity index (χ4n) is 3.52. The lowest BCUT2D eigenvalue weighted by Crippen LogP contribution is -2.38. The molecule has 0 bridgehead atoms. The van der Waals surface area contributed by atoms with Crippen molar-refractivity contribution >= 4 is 23.2 Å². The van der Waals surface area contributed by atoms with Gasteiger partial charge >= 0.3 is 0 Å². The summed E-state index contributed by atoms with van der Waals surface area (Å²) in [6.45, 7) is 11.5. The zero-order valence-corrected chi connectivity index (χ0v) is 18.3. The molecule has 1 amide bonds.